The zero-order chi connectivity index (χ0) is 11.8. The van der Waals surface area contributed by atoms with Crippen LogP contribution < -0.4 is 5.73 Å². The quantitative estimate of drug-likeness (QED) is 0.787. The molecule has 0 aromatic heterocycles. The van der Waals surface area contributed by atoms with Crippen LogP contribution in [0.2, 0.25) is 0 Å². The van der Waals surface area contributed by atoms with Crippen molar-refractivity contribution in [1.82, 2.24) is 0 Å². The van der Waals surface area contributed by atoms with Gasteiger partial charge in [0.05, 0.1) is 12.7 Å². The predicted octanol–water partition coefficient (Wildman–Crippen LogP) is 0.549. The molecule has 0 aliphatic carbocycles. The molecule has 2 rings (SSSR count). The van der Waals surface area contributed by atoms with Gasteiger partial charge in [-0.05, 0) is 17.7 Å². The van der Waals surface area contributed by atoms with Crippen molar-refractivity contribution in [2.45, 2.75) is 18.1 Å². The fourth-order valence-corrected chi connectivity index (χ4v) is 1.66. The zero-order valence-corrected chi connectivity index (χ0v) is 8.52. The van der Waals surface area contributed by atoms with Gasteiger partial charge < -0.3 is 15.6 Å². The van der Waals surface area contributed by atoms with Gasteiger partial charge in [0.2, 0.25) is 0 Å². The highest BCUT2D eigenvalue weighted by molar-refractivity contribution is 5.80. The number of hydrogen-bond donors (Lipinski definition) is 2. The van der Waals surface area contributed by atoms with E-state index in [0.29, 0.717) is 6.42 Å². The van der Waals surface area contributed by atoms with E-state index in [2.05, 4.69) is 0 Å². The van der Waals surface area contributed by atoms with Gasteiger partial charge in [-0.25, -0.2) is 4.39 Å². The van der Waals surface area contributed by atoms with Gasteiger partial charge in [-0.15, -0.1) is 0 Å². The molecule has 86 valence electrons. The summed E-state index contributed by atoms with van der Waals surface area (Å²) >= 11 is 0. The molecular formula is C11H12FNO3. The van der Waals surface area contributed by atoms with Crippen LogP contribution in [0.15, 0.2) is 24.3 Å². The molecule has 3 N–H and O–H groups in total. The van der Waals surface area contributed by atoms with E-state index in [1.807, 2.05) is 0 Å². The van der Waals surface area contributed by atoms with Crippen molar-refractivity contribution < 1.29 is 19.0 Å². The summed E-state index contributed by atoms with van der Waals surface area (Å²) < 4.78 is 17.8. The number of carbonyl (C=O) groups is 1. The third-order valence-corrected chi connectivity index (χ3v) is 2.83. The second kappa shape index (κ2) is 3.84. The first kappa shape index (κ1) is 11.0. The smallest absolute Gasteiger partial charge is 0.328 e. The molecule has 0 amide bonds. The maximum absolute atomic E-state index is 12.7. The van der Waals surface area contributed by atoms with Gasteiger partial charge in [-0.2, -0.15) is 0 Å². The van der Waals surface area contributed by atoms with E-state index >= 15 is 0 Å². The molecule has 1 saturated heterocycles. The van der Waals surface area contributed by atoms with Gasteiger partial charge in [-0.1, -0.05) is 12.1 Å². The summed E-state index contributed by atoms with van der Waals surface area (Å²) in [7, 11) is 0. The Kier molecular flexibility index (Phi) is 2.65. The fourth-order valence-electron chi connectivity index (χ4n) is 1.66. The van der Waals surface area contributed by atoms with Gasteiger partial charge in [0.15, 0.2) is 5.54 Å². The first-order valence-corrected chi connectivity index (χ1v) is 4.91. The van der Waals surface area contributed by atoms with Crippen LogP contribution in [0.4, 0.5) is 4.39 Å². The van der Waals surface area contributed by atoms with Crippen LogP contribution in [0.5, 0.6) is 0 Å². The van der Waals surface area contributed by atoms with E-state index in [9.17, 15) is 9.18 Å². The monoisotopic (exact) mass is 225 g/mol. The number of halogens is 1. The van der Waals surface area contributed by atoms with Gasteiger partial charge in [0.1, 0.15) is 5.82 Å². The summed E-state index contributed by atoms with van der Waals surface area (Å²) in [5.41, 5.74) is 5.17. The summed E-state index contributed by atoms with van der Waals surface area (Å²) in [5.74, 6) is -1.39. The first-order chi connectivity index (χ1) is 7.52. The van der Waals surface area contributed by atoms with Gasteiger partial charge >= 0.3 is 5.97 Å². The molecule has 1 aromatic rings. The molecular weight excluding hydrogens is 213 g/mol. The molecule has 0 radical (unpaired) electrons. The molecule has 1 fully saturated rings. The van der Waals surface area contributed by atoms with Crippen molar-refractivity contribution in [2.24, 2.45) is 5.73 Å². The maximum Gasteiger partial charge on any atom is 0.328 e. The lowest BCUT2D eigenvalue weighted by atomic mass is 9.85. The van der Waals surface area contributed by atoms with E-state index < -0.39 is 17.6 Å². The molecule has 2 atom stereocenters. The Morgan fingerprint density at radius 1 is 1.56 bits per heavy atom. The lowest BCUT2D eigenvalue weighted by Gasteiger charge is -2.42. The van der Waals surface area contributed by atoms with Crippen LogP contribution in [0, 0.1) is 5.82 Å². The van der Waals surface area contributed by atoms with Crippen molar-refractivity contribution in [1.29, 1.82) is 0 Å². The minimum absolute atomic E-state index is 0.0220. The number of nitrogens with two attached hydrogens (primary N) is 1. The standard InChI is InChI=1S/C11H12FNO3/c12-8-3-1-7(2-4-8)5-9-11(13,6-16-9)10(14)15/h1-4,9H,5-6,13H2,(H,14,15). The van der Waals surface area contributed by atoms with Crippen LogP contribution in [0.25, 0.3) is 0 Å². The van der Waals surface area contributed by atoms with E-state index in [1.54, 1.807) is 12.1 Å². The van der Waals surface area contributed by atoms with Gasteiger partial charge in [0.25, 0.3) is 0 Å². The van der Waals surface area contributed by atoms with Crippen LogP contribution in [-0.2, 0) is 16.0 Å². The van der Waals surface area contributed by atoms with Crippen LogP contribution in [-0.4, -0.2) is 29.3 Å². The lowest BCUT2D eigenvalue weighted by Crippen LogP contribution is -2.70. The Morgan fingerprint density at radius 2 is 2.19 bits per heavy atom. The molecule has 2 unspecified atom stereocenters. The first-order valence-electron chi connectivity index (χ1n) is 4.91. The molecule has 4 nitrogen and oxygen atoms in total. The molecule has 0 bridgehead atoms. The summed E-state index contributed by atoms with van der Waals surface area (Å²) in [4.78, 5) is 10.9. The fraction of sp³-hybridized carbons (Fsp3) is 0.364. The largest absolute Gasteiger partial charge is 0.480 e. The van der Waals surface area contributed by atoms with Gasteiger partial charge in [-0.3, -0.25) is 4.79 Å². The number of carboxylic acid groups (broad SMARTS) is 1. The molecule has 0 saturated carbocycles. The SMILES string of the molecule is NC1(C(=O)O)COC1Cc1ccc(F)cc1. The molecule has 5 heteroatoms. The number of benzene rings is 1. The molecule has 1 aliphatic heterocycles. The number of hydrogen-bond acceptors (Lipinski definition) is 3. The summed E-state index contributed by atoms with van der Waals surface area (Å²) in [6, 6.07) is 5.85. The molecule has 1 heterocycles. The third-order valence-electron chi connectivity index (χ3n) is 2.83. The average molecular weight is 225 g/mol. The van der Waals surface area contributed by atoms with Crippen molar-refractivity contribution in [3.8, 4) is 0 Å². The van der Waals surface area contributed by atoms with E-state index in [4.69, 9.17) is 15.6 Å². The Balaban J connectivity index is 2.06. The van der Waals surface area contributed by atoms with Crippen molar-refractivity contribution >= 4 is 5.97 Å². The number of carboxylic acids is 1. The van der Waals surface area contributed by atoms with Crippen molar-refractivity contribution in [2.75, 3.05) is 6.61 Å². The van der Waals surface area contributed by atoms with Crippen molar-refractivity contribution in [3.05, 3.63) is 35.6 Å². The summed E-state index contributed by atoms with van der Waals surface area (Å²) in [6.45, 7) is 0.0220. The highest BCUT2D eigenvalue weighted by Crippen LogP contribution is 2.26. The number of rotatable bonds is 3. The highest BCUT2D eigenvalue weighted by Gasteiger charge is 2.51. The summed E-state index contributed by atoms with van der Waals surface area (Å²) in [5, 5.41) is 8.92. The number of aliphatic carboxylic acids is 1. The highest BCUT2D eigenvalue weighted by atomic mass is 19.1. The maximum atomic E-state index is 12.7. The second-order valence-corrected chi connectivity index (χ2v) is 3.98. The zero-order valence-electron chi connectivity index (χ0n) is 8.52. The Bertz CT molecular complexity index is 406. The second-order valence-electron chi connectivity index (χ2n) is 3.98. The number of ether oxygens (including phenoxy) is 1. The third kappa shape index (κ3) is 1.79. The van der Waals surface area contributed by atoms with E-state index in [1.165, 1.54) is 12.1 Å². The molecule has 16 heavy (non-hydrogen) atoms. The van der Waals surface area contributed by atoms with Gasteiger partial charge in [0, 0.05) is 6.42 Å². The molecule has 0 spiro atoms. The predicted molar refractivity (Wildman–Crippen MR) is 54.4 cm³/mol. The minimum atomic E-state index is -1.31. The molecule has 1 aromatic carbocycles. The van der Waals surface area contributed by atoms with Crippen LogP contribution >= 0.6 is 0 Å². The van der Waals surface area contributed by atoms with Crippen molar-refractivity contribution in [3.63, 3.8) is 0 Å². The Labute approximate surface area is 91.8 Å². The lowest BCUT2D eigenvalue weighted by molar-refractivity contribution is -0.179. The van der Waals surface area contributed by atoms with E-state index in [0.717, 1.165) is 5.56 Å². The summed E-state index contributed by atoms with van der Waals surface area (Å²) in [6.07, 6.45) is -0.168. The van der Waals surface area contributed by atoms with E-state index in [-0.39, 0.29) is 12.4 Å². The average Bonchev–Trinajstić information content (AvgIpc) is 2.25. The van der Waals surface area contributed by atoms with Crippen LogP contribution in [0.3, 0.4) is 0 Å². The minimum Gasteiger partial charge on any atom is -0.480 e. The Morgan fingerprint density at radius 3 is 2.62 bits per heavy atom. The topological polar surface area (TPSA) is 72.6 Å². The molecule has 1 aliphatic rings. The van der Waals surface area contributed by atoms with Crippen LogP contribution in [0.1, 0.15) is 5.56 Å². The normalized spacial score (nSPS) is 28.5. The Hall–Kier alpha value is -1.46.